The SMILES string of the molecule is CC(=O)OC(c1cc(Br)c(CCCOCCOCCO)o1)C(Cc1ccccc1)C(=O)N1C(=O)OCC1c1ccccc1. The van der Waals surface area contributed by atoms with E-state index in [9.17, 15) is 14.4 Å². The molecule has 230 valence electrons. The highest BCUT2D eigenvalue weighted by molar-refractivity contribution is 9.10. The highest BCUT2D eigenvalue weighted by atomic mass is 79.9. The molecular formula is C32H36BrNO9. The number of aliphatic hydroxyl groups excluding tert-OH is 1. The number of hydrogen-bond acceptors (Lipinski definition) is 9. The molecule has 4 rings (SSSR count). The van der Waals surface area contributed by atoms with Gasteiger partial charge in [0.2, 0.25) is 5.91 Å². The van der Waals surface area contributed by atoms with Gasteiger partial charge >= 0.3 is 12.1 Å². The number of hydrogen-bond donors (Lipinski definition) is 1. The zero-order chi connectivity index (χ0) is 30.6. The lowest BCUT2D eigenvalue weighted by Gasteiger charge is -2.29. The normalized spacial score (nSPS) is 16.1. The number of cyclic esters (lactones) is 1. The van der Waals surface area contributed by atoms with E-state index in [0.29, 0.717) is 42.9 Å². The number of aliphatic hydroxyl groups is 1. The van der Waals surface area contributed by atoms with Crippen molar-refractivity contribution in [2.75, 3.05) is 39.6 Å². The van der Waals surface area contributed by atoms with Crippen LogP contribution in [0.15, 0.2) is 75.6 Å². The molecule has 1 aliphatic heterocycles. The third-order valence-electron chi connectivity index (χ3n) is 6.93. The molecule has 2 aromatic carbocycles. The van der Waals surface area contributed by atoms with Gasteiger partial charge in [-0.2, -0.15) is 0 Å². The Hall–Kier alpha value is -3.51. The Balaban J connectivity index is 1.58. The van der Waals surface area contributed by atoms with E-state index in [-0.39, 0.29) is 32.0 Å². The van der Waals surface area contributed by atoms with E-state index >= 15 is 0 Å². The predicted octanol–water partition coefficient (Wildman–Crippen LogP) is 5.18. The Bertz CT molecular complexity index is 1330. The third-order valence-corrected chi connectivity index (χ3v) is 7.60. The fraction of sp³-hybridized carbons (Fsp3) is 0.406. The molecule has 0 bridgehead atoms. The first-order valence-electron chi connectivity index (χ1n) is 14.2. The molecular weight excluding hydrogens is 622 g/mol. The molecule has 3 unspecified atom stereocenters. The molecule has 1 N–H and O–H groups in total. The molecule has 2 heterocycles. The second kappa shape index (κ2) is 16.4. The van der Waals surface area contributed by atoms with Crippen molar-refractivity contribution in [1.82, 2.24) is 4.90 Å². The van der Waals surface area contributed by atoms with Crippen LogP contribution in [-0.4, -0.2) is 67.6 Å². The molecule has 43 heavy (non-hydrogen) atoms. The van der Waals surface area contributed by atoms with Crippen molar-refractivity contribution in [2.45, 2.75) is 38.3 Å². The number of imide groups is 1. The molecule has 3 aromatic rings. The summed E-state index contributed by atoms with van der Waals surface area (Å²) in [6, 6.07) is 19.6. The Morgan fingerprint density at radius 3 is 2.37 bits per heavy atom. The van der Waals surface area contributed by atoms with Crippen LogP contribution in [0, 0.1) is 5.92 Å². The molecule has 11 heteroatoms. The van der Waals surface area contributed by atoms with Crippen molar-refractivity contribution in [3.8, 4) is 0 Å². The summed E-state index contributed by atoms with van der Waals surface area (Å²) < 4.78 is 28.7. The van der Waals surface area contributed by atoms with Crippen molar-refractivity contribution in [3.63, 3.8) is 0 Å². The van der Waals surface area contributed by atoms with Crippen molar-refractivity contribution < 1.29 is 42.9 Å². The number of amides is 2. The van der Waals surface area contributed by atoms with Gasteiger partial charge in [-0.15, -0.1) is 0 Å². The van der Waals surface area contributed by atoms with E-state index in [1.54, 1.807) is 6.07 Å². The summed E-state index contributed by atoms with van der Waals surface area (Å²) in [7, 11) is 0. The van der Waals surface area contributed by atoms with Crippen molar-refractivity contribution in [2.24, 2.45) is 5.92 Å². The van der Waals surface area contributed by atoms with Gasteiger partial charge in [0.05, 0.1) is 36.8 Å². The summed E-state index contributed by atoms with van der Waals surface area (Å²) in [6.07, 6.45) is -0.505. The van der Waals surface area contributed by atoms with Crippen LogP contribution in [0.3, 0.4) is 0 Å². The zero-order valence-electron chi connectivity index (χ0n) is 24.0. The smallest absolute Gasteiger partial charge is 0.417 e. The Labute approximate surface area is 259 Å². The first-order chi connectivity index (χ1) is 20.9. The molecule has 10 nitrogen and oxygen atoms in total. The molecule has 1 aromatic heterocycles. The minimum Gasteiger partial charge on any atom is -0.461 e. The molecule has 0 radical (unpaired) electrons. The lowest BCUT2D eigenvalue weighted by atomic mass is 9.90. The van der Waals surface area contributed by atoms with Crippen LogP contribution in [0.4, 0.5) is 4.79 Å². The van der Waals surface area contributed by atoms with Crippen LogP contribution < -0.4 is 0 Å². The number of furan rings is 1. The minimum atomic E-state index is -1.11. The number of carbonyl (C=O) groups excluding carboxylic acids is 3. The standard InChI is InChI=1S/C32H36BrNO9/c1-22(36)42-30(29-20-26(33)28(43-29)13-8-15-39-17-18-40-16-14-35)25(19-23-9-4-2-5-10-23)31(37)34-27(21-41-32(34)38)24-11-6-3-7-12-24/h2-7,9-12,20,25,27,30,35H,8,13-19,21H2,1H3. The molecule has 1 aliphatic rings. The molecule has 0 spiro atoms. The maximum atomic E-state index is 14.3. The monoisotopic (exact) mass is 657 g/mol. The zero-order valence-corrected chi connectivity index (χ0v) is 25.6. The van der Waals surface area contributed by atoms with Crippen molar-refractivity contribution in [3.05, 3.63) is 93.9 Å². The number of rotatable bonds is 16. The van der Waals surface area contributed by atoms with E-state index in [2.05, 4.69) is 15.9 Å². The van der Waals surface area contributed by atoms with Crippen LogP contribution in [0.25, 0.3) is 0 Å². The van der Waals surface area contributed by atoms with Gasteiger partial charge in [-0.3, -0.25) is 9.59 Å². The number of ether oxygens (including phenoxy) is 4. The summed E-state index contributed by atoms with van der Waals surface area (Å²) in [5.41, 5.74) is 1.59. The summed E-state index contributed by atoms with van der Waals surface area (Å²) in [6.45, 7) is 2.80. The quantitative estimate of drug-likeness (QED) is 0.164. The van der Waals surface area contributed by atoms with Gasteiger partial charge in [-0.05, 0) is 46.0 Å². The lowest BCUT2D eigenvalue weighted by molar-refractivity contribution is -0.155. The number of halogens is 1. The van der Waals surface area contributed by atoms with Crippen molar-refractivity contribution >= 4 is 33.9 Å². The first-order valence-corrected chi connectivity index (χ1v) is 15.0. The number of nitrogens with zero attached hydrogens (tertiary/aromatic N) is 1. The van der Waals surface area contributed by atoms with Gasteiger partial charge in [0.25, 0.3) is 0 Å². The molecule has 3 atom stereocenters. The molecule has 0 aliphatic carbocycles. The summed E-state index contributed by atoms with van der Waals surface area (Å²) in [5.74, 6) is -1.21. The average molecular weight is 659 g/mol. The number of benzene rings is 2. The Morgan fingerprint density at radius 2 is 1.70 bits per heavy atom. The topological polar surface area (TPSA) is 125 Å². The van der Waals surface area contributed by atoms with Gasteiger partial charge in [0.15, 0.2) is 6.10 Å². The Kier molecular flexibility index (Phi) is 12.3. The maximum absolute atomic E-state index is 14.3. The second-order valence-electron chi connectivity index (χ2n) is 10.0. The fourth-order valence-electron chi connectivity index (χ4n) is 4.93. The molecule has 0 saturated carbocycles. The van der Waals surface area contributed by atoms with Crippen LogP contribution >= 0.6 is 15.9 Å². The highest BCUT2D eigenvalue weighted by Crippen LogP contribution is 2.38. The summed E-state index contributed by atoms with van der Waals surface area (Å²) in [4.78, 5) is 40.8. The minimum absolute atomic E-state index is 0.0248. The van der Waals surface area contributed by atoms with Crippen LogP contribution in [0.5, 0.6) is 0 Å². The van der Waals surface area contributed by atoms with Crippen molar-refractivity contribution in [1.29, 1.82) is 0 Å². The fourth-order valence-corrected chi connectivity index (χ4v) is 5.44. The van der Waals surface area contributed by atoms with Crippen LogP contribution in [0.2, 0.25) is 0 Å². The number of aryl methyl sites for hydroxylation is 1. The van der Waals surface area contributed by atoms with E-state index in [1.807, 2.05) is 60.7 Å². The first kappa shape index (κ1) is 32.4. The largest absolute Gasteiger partial charge is 0.461 e. The summed E-state index contributed by atoms with van der Waals surface area (Å²) in [5, 5.41) is 8.76. The second-order valence-corrected chi connectivity index (χ2v) is 10.9. The van der Waals surface area contributed by atoms with Gasteiger partial charge in [-0.25, -0.2) is 9.69 Å². The Morgan fingerprint density at radius 1 is 1.02 bits per heavy atom. The van der Waals surface area contributed by atoms with Gasteiger partial charge < -0.3 is 28.5 Å². The third kappa shape index (κ3) is 8.99. The molecule has 1 saturated heterocycles. The molecule has 1 fully saturated rings. The maximum Gasteiger partial charge on any atom is 0.417 e. The van der Waals surface area contributed by atoms with Crippen LogP contribution in [0.1, 0.15) is 48.1 Å². The summed E-state index contributed by atoms with van der Waals surface area (Å²) >= 11 is 3.54. The van der Waals surface area contributed by atoms with E-state index in [1.165, 1.54) is 6.92 Å². The number of carbonyl (C=O) groups is 3. The number of esters is 1. The average Bonchev–Trinajstić information content (AvgIpc) is 3.58. The lowest BCUT2D eigenvalue weighted by Crippen LogP contribution is -2.42. The van der Waals surface area contributed by atoms with E-state index in [0.717, 1.165) is 16.0 Å². The van der Waals surface area contributed by atoms with Gasteiger partial charge in [0.1, 0.15) is 24.2 Å². The van der Waals surface area contributed by atoms with Crippen LogP contribution in [-0.2, 0) is 41.4 Å². The molecule has 2 amide bonds. The van der Waals surface area contributed by atoms with E-state index < -0.39 is 36.0 Å². The predicted molar refractivity (Wildman–Crippen MR) is 159 cm³/mol. The highest BCUT2D eigenvalue weighted by Gasteiger charge is 2.46. The van der Waals surface area contributed by atoms with E-state index in [4.69, 9.17) is 28.5 Å². The van der Waals surface area contributed by atoms with Gasteiger partial charge in [-0.1, -0.05) is 60.7 Å². The van der Waals surface area contributed by atoms with Gasteiger partial charge in [0, 0.05) is 20.0 Å².